The molecular formula is C9H11N5. The lowest BCUT2D eigenvalue weighted by molar-refractivity contribution is 0.643. The van der Waals surface area contributed by atoms with Crippen LogP contribution in [0, 0.1) is 18.3 Å². The molecule has 0 radical (unpaired) electrons. The average Bonchev–Trinajstić information content (AvgIpc) is 2.15. The van der Waals surface area contributed by atoms with Crippen LogP contribution in [0.2, 0.25) is 0 Å². The summed E-state index contributed by atoms with van der Waals surface area (Å²) in [6.45, 7) is 1.76. The van der Waals surface area contributed by atoms with Crippen molar-refractivity contribution < 1.29 is 0 Å². The Morgan fingerprint density at radius 1 is 1.57 bits per heavy atom. The number of rotatable bonds is 2. The number of hydrogen-bond acceptors (Lipinski definition) is 4. The summed E-state index contributed by atoms with van der Waals surface area (Å²) in [5.74, 6) is 1.02. The van der Waals surface area contributed by atoms with Crippen molar-refractivity contribution in [2.24, 2.45) is 4.99 Å². The molecule has 0 amide bonds. The Morgan fingerprint density at radius 3 is 2.86 bits per heavy atom. The zero-order valence-electron chi connectivity index (χ0n) is 8.39. The van der Waals surface area contributed by atoms with Crippen molar-refractivity contribution >= 4 is 12.2 Å². The Kier molecular flexibility index (Phi) is 3.13. The Balaban J connectivity index is 3.06. The van der Waals surface area contributed by atoms with E-state index >= 15 is 0 Å². The molecule has 0 spiro atoms. The van der Waals surface area contributed by atoms with Crippen molar-refractivity contribution in [3.63, 3.8) is 0 Å². The number of hydrogen-bond donors (Lipinski definition) is 0. The topological polar surface area (TPSA) is 65.2 Å². The van der Waals surface area contributed by atoms with Crippen LogP contribution >= 0.6 is 0 Å². The lowest BCUT2D eigenvalue weighted by atomic mass is 10.3. The molecule has 1 heterocycles. The molecule has 0 saturated carbocycles. The number of aryl methyl sites for hydroxylation is 1. The van der Waals surface area contributed by atoms with Crippen LogP contribution in [-0.4, -0.2) is 35.3 Å². The maximum absolute atomic E-state index is 8.76. The highest BCUT2D eigenvalue weighted by Crippen LogP contribution is 2.12. The highest BCUT2D eigenvalue weighted by Gasteiger charge is 2.02. The van der Waals surface area contributed by atoms with Crippen LogP contribution in [0.3, 0.4) is 0 Å². The molecule has 0 aromatic carbocycles. The lowest BCUT2D eigenvalue weighted by Crippen LogP contribution is -2.07. The minimum absolute atomic E-state index is 0.383. The van der Waals surface area contributed by atoms with Crippen LogP contribution in [0.15, 0.2) is 11.2 Å². The van der Waals surface area contributed by atoms with E-state index in [-0.39, 0.29) is 0 Å². The van der Waals surface area contributed by atoms with Gasteiger partial charge in [0.1, 0.15) is 17.5 Å². The molecule has 5 heteroatoms. The van der Waals surface area contributed by atoms with E-state index in [1.54, 1.807) is 18.2 Å². The summed E-state index contributed by atoms with van der Waals surface area (Å²) < 4.78 is 0. The molecule has 0 aliphatic rings. The fraction of sp³-hybridized carbons (Fsp3) is 0.333. The number of nitriles is 1. The lowest BCUT2D eigenvalue weighted by Gasteiger charge is -2.02. The normalized spacial score (nSPS) is 10.1. The zero-order chi connectivity index (χ0) is 10.6. The Morgan fingerprint density at radius 2 is 2.29 bits per heavy atom. The molecule has 14 heavy (non-hydrogen) atoms. The SMILES string of the molecule is Cc1ncc(C#N)c(/N=C/N(C)C)n1. The maximum Gasteiger partial charge on any atom is 0.174 e. The van der Waals surface area contributed by atoms with Crippen molar-refractivity contribution in [2.75, 3.05) is 14.1 Å². The van der Waals surface area contributed by atoms with Crippen LogP contribution in [0.1, 0.15) is 11.4 Å². The monoisotopic (exact) mass is 189 g/mol. The van der Waals surface area contributed by atoms with E-state index in [1.807, 2.05) is 20.2 Å². The number of nitrogens with zero attached hydrogens (tertiary/aromatic N) is 5. The number of aromatic nitrogens is 2. The van der Waals surface area contributed by atoms with Crippen molar-refractivity contribution in [1.29, 1.82) is 5.26 Å². The van der Waals surface area contributed by atoms with Crippen molar-refractivity contribution in [2.45, 2.75) is 6.92 Å². The maximum atomic E-state index is 8.76. The van der Waals surface area contributed by atoms with E-state index in [9.17, 15) is 0 Å². The van der Waals surface area contributed by atoms with Gasteiger partial charge in [-0.1, -0.05) is 0 Å². The van der Waals surface area contributed by atoms with Crippen molar-refractivity contribution in [1.82, 2.24) is 14.9 Å². The predicted octanol–water partition coefficient (Wildman–Crippen LogP) is 0.878. The first-order chi connectivity index (χ1) is 6.63. The van der Waals surface area contributed by atoms with Gasteiger partial charge in [-0.2, -0.15) is 5.26 Å². The third-order valence-corrected chi connectivity index (χ3v) is 1.42. The van der Waals surface area contributed by atoms with Gasteiger partial charge in [0.05, 0.1) is 12.5 Å². The smallest absolute Gasteiger partial charge is 0.174 e. The summed E-state index contributed by atoms with van der Waals surface area (Å²) in [7, 11) is 3.70. The summed E-state index contributed by atoms with van der Waals surface area (Å²) in [6, 6.07) is 1.99. The second kappa shape index (κ2) is 4.33. The first-order valence-electron chi connectivity index (χ1n) is 4.08. The molecule has 0 fully saturated rings. The molecule has 0 aliphatic carbocycles. The van der Waals surface area contributed by atoms with Gasteiger partial charge in [0.25, 0.3) is 0 Å². The van der Waals surface area contributed by atoms with Crippen LogP contribution in [0.4, 0.5) is 5.82 Å². The van der Waals surface area contributed by atoms with Crippen molar-refractivity contribution in [3.8, 4) is 6.07 Å². The Hall–Kier alpha value is -1.96. The third-order valence-electron chi connectivity index (χ3n) is 1.42. The molecule has 5 nitrogen and oxygen atoms in total. The van der Waals surface area contributed by atoms with Gasteiger partial charge in [0.2, 0.25) is 0 Å². The molecule has 72 valence electrons. The van der Waals surface area contributed by atoms with Crippen LogP contribution in [0.25, 0.3) is 0 Å². The largest absolute Gasteiger partial charge is 0.369 e. The second-order valence-corrected chi connectivity index (χ2v) is 2.97. The summed E-state index contributed by atoms with van der Waals surface area (Å²) in [6.07, 6.45) is 3.08. The molecule has 0 N–H and O–H groups in total. The molecule has 0 bridgehead atoms. The van der Waals surface area contributed by atoms with Gasteiger partial charge in [0, 0.05) is 14.1 Å². The zero-order valence-corrected chi connectivity index (χ0v) is 8.39. The van der Waals surface area contributed by atoms with E-state index in [0.29, 0.717) is 17.2 Å². The minimum atomic E-state index is 0.383. The van der Waals surface area contributed by atoms with Gasteiger partial charge < -0.3 is 4.90 Å². The number of aliphatic imine (C=N–C) groups is 1. The third kappa shape index (κ3) is 2.52. The molecule has 0 unspecified atom stereocenters. The molecule has 1 rings (SSSR count). The van der Waals surface area contributed by atoms with E-state index in [4.69, 9.17) is 5.26 Å². The van der Waals surface area contributed by atoms with Gasteiger partial charge in [-0.05, 0) is 6.92 Å². The van der Waals surface area contributed by atoms with E-state index < -0.39 is 0 Å². The van der Waals surface area contributed by atoms with Gasteiger partial charge in [0.15, 0.2) is 5.82 Å². The molecule has 1 aromatic heterocycles. The first kappa shape index (κ1) is 10.1. The first-order valence-corrected chi connectivity index (χ1v) is 4.08. The molecular weight excluding hydrogens is 178 g/mol. The summed E-state index contributed by atoms with van der Waals surface area (Å²) in [5, 5.41) is 8.76. The van der Waals surface area contributed by atoms with Gasteiger partial charge in [-0.25, -0.2) is 15.0 Å². The van der Waals surface area contributed by atoms with E-state index in [1.165, 1.54) is 6.20 Å². The molecule has 0 aliphatic heterocycles. The van der Waals surface area contributed by atoms with Gasteiger partial charge in [-0.15, -0.1) is 0 Å². The quantitative estimate of drug-likeness (QED) is 0.511. The fourth-order valence-corrected chi connectivity index (χ4v) is 0.805. The summed E-state index contributed by atoms with van der Waals surface area (Å²) >= 11 is 0. The molecule has 1 aromatic rings. The Bertz CT molecular complexity index is 389. The summed E-state index contributed by atoms with van der Waals surface area (Å²) in [5.41, 5.74) is 0.383. The van der Waals surface area contributed by atoms with E-state index in [0.717, 1.165) is 0 Å². The summed E-state index contributed by atoms with van der Waals surface area (Å²) in [4.78, 5) is 13.8. The van der Waals surface area contributed by atoms with Crippen LogP contribution in [-0.2, 0) is 0 Å². The van der Waals surface area contributed by atoms with Crippen LogP contribution in [0.5, 0.6) is 0 Å². The van der Waals surface area contributed by atoms with Gasteiger partial charge in [-0.3, -0.25) is 0 Å². The highest BCUT2D eigenvalue weighted by atomic mass is 15.1. The predicted molar refractivity (Wildman–Crippen MR) is 53.3 cm³/mol. The van der Waals surface area contributed by atoms with Crippen molar-refractivity contribution in [3.05, 3.63) is 17.6 Å². The minimum Gasteiger partial charge on any atom is -0.369 e. The fourth-order valence-electron chi connectivity index (χ4n) is 0.805. The van der Waals surface area contributed by atoms with E-state index in [2.05, 4.69) is 15.0 Å². The second-order valence-electron chi connectivity index (χ2n) is 2.97. The van der Waals surface area contributed by atoms with Crippen LogP contribution < -0.4 is 0 Å². The average molecular weight is 189 g/mol. The molecule has 0 atom stereocenters. The van der Waals surface area contributed by atoms with Gasteiger partial charge >= 0.3 is 0 Å². The molecule has 0 saturated heterocycles. The highest BCUT2D eigenvalue weighted by molar-refractivity contribution is 5.61. The standard InChI is InChI=1S/C9H11N5/c1-7-11-5-8(4-10)9(13-7)12-6-14(2)3/h5-6H,1-3H3/b12-6+. The Labute approximate surface area is 82.7 Å².